The molecule has 0 amide bonds. The first-order chi connectivity index (χ1) is 7.19. The number of anilines is 1. The SMILES string of the molecule is CCn1nc(C)cc1Cn1cc(N)cn1. The van der Waals surface area contributed by atoms with Gasteiger partial charge in [-0.15, -0.1) is 0 Å². The van der Waals surface area contributed by atoms with Crippen LogP contribution in [0, 0.1) is 6.92 Å². The molecule has 0 aromatic carbocycles. The van der Waals surface area contributed by atoms with E-state index in [-0.39, 0.29) is 0 Å². The second-order valence-corrected chi connectivity index (χ2v) is 3.56. The summed E-state index contributed by atoms with van der Waals surface area (Å²) in [5, 5.41) is 8.52. The molecule has 0 fully saturated rings. The number of aromatic nitrogens is 4. The average Bonchev–Trinajstić information content (AvgIpc) is 2.73. The maximum Gasteiger partial charge on any atom is 0.0829 e. The lowest BCUT2D eigenvalue weighted by molar-refractivity contribution is 0.575. The van der Waals surface area contributed by atoms with Gasteiger partial charge in [0.25, 0.3) is 0 Å². The lowest BCUT2D eigenvalue weighted by Gasteiger charge is -2.04. The number of nitrogens with zero attached hydrogens (tertiary/aromatic N) is 4. The van der Waals surface area contributed by atoms with Crippen LogP contribution in [0.5, 0.6) is 0 Å². The zero-order valence-corrected chi connectivity index (χ0v) is 9.01. The van der Waals surface area contributed by atoms with Crippen LogP contribution in [-0.2, 0) is 13.1 Å². The van der Waals surface area contributed by atoms with Gasteiger partial charge in [0.1, 0.15) is 0 Å². The van der Waals surface area contributed by atoms with Crippen molar-refractivity contribution in [2.24, 2.45) is 0 Å². The normalized spacial score (nSPS) is 10.8. The molecule has 5 nitrogen and oxygen atoms in total. The molecule has 0 spiro atoms. The third kappa shape index (κ3) is 2.01. The van der Waals surface area contributed by atoms with Crippen LogP contribution in [-0.4, -0.2) is 19.6 Å². The lowest BCUT2D eigenvalue weighted by Crippen LogP contribution is -2.08. The standard InChI is InChI=1S/C10H15N5/c1-3-15-10(4-8(2)13-15)7-14-6-9(11)5-12-14/h4-6H,3,7,11H2,1-2H3. The molecular formula is C10H15N5. The molecule has 0 atom stereocenters. The van der Waals surface area contributed by atoms with Gasteiger partial charge < -0.3 is 5.73 Å². The van der Waals surface area contributed by atoms with Crippen molar-refractivity contribution in [2.75, 3.05) is 5.73 Å². The highest BCUT2D eigenvalue weighted by atomic mass is 15.3. The quantitative estimate of drug-likeness (QED) is 0.814. The van der Waals surface area contributed by atoms with Gasteiger partial charge in [0.15, 0.2) is 0 Å². The minimum atomic E-state index is 0.689. The highest BCUT2D eigenvalue weighted by Gasteiger charge is 2.05. The molecule has 0 radical (unpaired) electrons. The van der Waals surface area contributed by atoms with Crippen LogP contribution in [0.1, 0.15) is 18.3 Å². The Bertz CT molecular complexity index is 454. The maximum atomic E-state index is 5.60. The Labute approximate surface area is 88.5 Å². The van der Waals surface area contributed by atoms with Crippen LogP contribution in [0.25, 0.3) is 0 Å². The predicted molar refractivity (Wildman–Crippen MR) is 58.4 cm³/mol. The van der Waals surface area contributed by atoms with Gasteiger partial charge in [0.2, 0.25) is 0 Å². The van der Waals surface area contributed by atoms with E-state index < -0.39 is 0 Å². The third-order valence-corrected chi connectivity index (χ3v) is 2.26. The summed E-state index contributed by atoms with van der Waals surface area (Å²) >= 11 is 0. The van der Waals surface area contributed by atoms with Gasteiger partial charge in [-0.3, -0.25) is 9.36 Å². The maximum absolute atomic E-state index is 5.60. The Morgan fingerprint density at radius 1 is 1.47 bits per heavy atom. The summed E-state index contributed by atoms with van der Waals surface area (Å²) in [6, 6.07) is 2.07. The van der Waals surface area contributed by atoms with Gasteiger partial charge >= 0.3 is 0 Å². The fourth-order valence-electron chi connectivity index (χ4n) is 1.63. The minimum Gasteiger partial charge on any atom is -0.396 e. The van der Waals surface area contributed by atoms with Gasteiger partial charge in [0.05, 0.1) is 29.8 Å². The summed E-state index contributed by atoms with van der Waals surface area (Å²) in [4.78, 5) is 0. The summed E-state index contributed by atoms with van der Waals surface area (Å²) in [6.45, 7) is 5.66. The van der Waals surface area contributed by atoms with E-state index in [9.17, 15) is 0 Å². The van der Waals surface area contributed by atoms with E-state index in [2.05, 4.69) is 23.2 Å². The molecule has 0 unspecified atom stereocenters. The van der Waals surface area contributed by atoms with Crippen molar-refractivity contribution in [1.82, 2.24) is 19.6 Å². The summed E-state index contributed by atoms with van der Waals surface area (Å²) in [7, 11) is 0. The minimum absolute atomic E-state index is 0.689. The van der Waals surface area contributed by atoms with Crippen LogP contribution in [0.4, 0.5) is 5.69 Å². The Morgan fingerprint density at radius 3 is 2.87 bits per heavy atom. The monoisotopic (exact) mass is 205 g/mol. The molecule has 80 valence electrons. The fraction of sp³-hybridized carbons (Fsp3) is 0.400. The van der Waals surface area contributed by atoms with Crippen molar-refractivity contribution in [2.45, 2.75) is 26.9 Å². The first-order valence-electron chi connectivity index (χ1n) is 5.00. The summed E-state index contributed by atoms with van der Waals surface area (Å²) < 4.78 is 3.80. The molecule has 2 rings (SSSR count). The number of hydrogen-bond acceptors (Lipinski definition) is 3. The topological polar surface area (TPSA) is 61.7 Å². The van der Waals surface area contributed by atoms with Crippen molar-refractivity contribution in [1.29, 1.82) is 0 Å². The van der Waals surface area contributed by atoms with Crippen molar-refractivity contribution >= 4 is 5.69 Å². The largest absolute Gasteiger partial charge is 0.396 e. The van der Waals surface area contributed by atoms with E-state index in [1.165, 1.54) is 0 Å². The van der Waals surface area contributed by atoms with Crippen molar-refractivity contribution in [3.05, 3.63) is 29.8 Å². The van der Waals surface area contributed by atoms with Gasteiger partial charge in [0, 0.05) is 12.7 Å². The summed E-state index contributed by atoms with van der Waals surface area (Å²) in [5.74, 6) is 0. The third-order valence-electron chi connectivity index (χ3n) is 2.26. The molecule has 15 heavy (non-hydrogen) atoms. The number of nitrogens with two attached hydrogens (primary N) is 1. The van der Waals surface area contributed by atoms with Crippen molar-refractivity contribution < 1.29 is 0 Å². The molecule has 2 N–H and O–H groups in total. The fourth-order valence-corrected chi connectivity index (χ4v) is 1.63. The molecule has 0 bridgehead atoms. The Hall–Kier alpha value is -1.78. The Morgan fingerprint density at radius 2 is 2.27 bits per heavy atom. The number of aryl methyl sites for hydroxylation is 2. The molecule has 5 heteroatoms. The molecule has 0 saturated heterocycles. The van der Waals surface area contributed by atoms with Crippen molar-refractivity contribution in [3.63, 3.8) is 0 Å². The van der Waals surface area contributed by atoms with Gasteiger partial charge in [-0.05, 0) is 19.9 Å². The first kappa shape index (κ1) is 9.76. The first-order valence-corrected chi connectivity index (χ1v) is 5.00. The predicted octanol–water partition coefficient (Wildman–Crippen LogP) is 1.04. The molecule has 0 aliphatic heterocycles. The highest BCUT2D eigenvalue weighted by Crippen LogP contribution is 2.07. The smallest absolute Gasteiger partial charge is 0.0829 e. The van der Waals surface area contributed by atoms with Gasteiger partial charge in [-0.2, -0.15) is 10.2 Å². The molecule has 0 saturated carbocycles. The zero-order valence-electron chi connectivity index (χ0n) is 9.01. The van der Waals surface area contributed by atoms with E-state index in [1.807, 2.05) is 22.5 Å². The summed E-state index contributed by atoms with van der Waals surface area (Å²) in [5.41, 5.74) is 8.48. The molecule has 2 heterocycles. The number of nitrogen functional groups attached to an aromatic ring is 1. The van der Waals surface area contributed by atoms with Crippen LogP contribution in [0.15, 0.2) is 18.5 Å². The lowest BCUT2D eigenvalue weighted by atomic mass is 10.3. The molecule has 2 aromatic rings. The Balaban J connectivity index is 2.23. The van der Waals surface area contributed by atoms with Gasteiger partial charge in [-0.1, -0.05) is 0 Å². The summed E-state index contributed by atoms with van der Waals surface area (Å²) in [6.07, 6.45) is 3.47. The van der Waals surface area contributed by atoms with E-state index in [4.69, 9.17) is 5.73 Å². The molecule has 2 aromatic heterocycles. The van der Waals surface area contributed by atoms with E-state index in [0.717, 1.165) is 17.9 Å². The molecular weight excluding hydrogens is 190 g/mol. The van der Waals surface area contributed by atoms with E-state index in [0.29, 0.717) is 12.2 Å². The van der Waals surface area contributed by atoms with Crippen LogP contribution < -0.4 is 5.73 Å². The average molecular weight is 205 g/mol. The van der Waals surface area contributed by atoms with Crippen LogP contribution in [0.2, 0.25) is 0 Å². The zero-order chi connectivity index (χ0) is 10.8. The Kier molecular flexibility index (Phi) is 2.45. The molecule has 0 aliphatic carbocycles. The van der Waals surface area contributed by atoms with Crippen LogP contribution >= 0.6 is 0 Å². The van der Waals surface area contributed by atoms with Crippen LogP contribution in [0.3, 0.4) is 0 Å². The van der Waals surface area contributed by atoms with E-state index >= 15 is 0 Å². The number of rotatable bonds is 3. The molecule has 0 aliphatic rings. The number of hydrogen-bond donors (Lipinski definition) is 1. The van der Waals surface area contributed by atoms with E-state index in [1.54, 1.807) is 6.20 Å². The highest BCUT2D eigenvalue weighted by molar-refractivity contribution is 5.30. The van der Waals surface area contributed by atoms with Gasteiger partial charge in [-0.25, -0.2) is 0 Å². The second-order valence-electron chi connectivity index (χ2n) is 3.56. The second kappa shape index (κ2) is 3.76. The van der Waals surface area contributed by atoms with Crippen molar-refractivity contribution in [3.8, 4) is 0 Å².